The number of nitrogens with one attached hydrogen (secondary N) is 1. The van der Waals surface area contributed by atoms with Gasteiger partial charge in [-0.1, -0.05) is 18.2 Å². The highest BCUT2D eigenvalue weighted by atomic mass is 32.2. The fraction of sp³-hybridized carbons (Fsp3) is 0.462. The molecule has 5 nitrogen and oxygen atoms in total. The Morgan fingerprint density at radius 2 is 2.05 bits per heavy atom. The molecule has 3 rings (SSSR count). The SMILES string of the molecule is O=C1CNC(c2ccccc2F)N1C1CCS(=O)(=O)C1. The van der Waals surface area contributed by atoms with Crippen LogP contribution in [0.3, 0.4) is 0 Å². The quantitative estimate of drug-likeness (QED) is 0.860. The van der Waals surface area contributed by atoms with E-state index in [-0.39, 0.29) is 30.0 Å². The van der Waals surface area contributed by atoms with E-state index in [2.05, 4.69) is 5.32 Å². The van der Waals surface area contributed by atoms with Crippen LogP contribution in [0.25, 0.3) is 0 Å². The smallest absolute Gasteiger partial charge is 0.238 e. The molecule has 108 valence electrons. The predicted molar refractivity (Wildman–Crippen MR) is 71.0 cm³/mol. The molecule has 20 heavy (non-hydrogen) atoms. The van der Waals surface area contributed by atoms with Gasteiger partial charge in [0.25, 0.3) is 0 Å². The Morgan fingerprint density at radius 3 is 2.70 bits per heavy atom. The van der Waals surface area contributed by atoms with E-state index in [4.69, 9.17) is 0 Å². The van der Waals surface area contributed by atoms with Gasteiger partial charge in [-0.2, -0.15) is 0 Å². The molecular formula is C13H15FN2O3S. The zero-order valence-electron chi connectivity index (χ0n) is 10.8. The van der Waals surface area contributed by atoms with Crippen molar-refractivity contribution in [1.29, 1.82) is 0 Å². The Bertz CT molecular complexity index is 647. The second-order valence-corrected chi connectivity index (χ2v) is 7.39. The van der Waals surface area contributed by atoms with Crippen molar-refractivity contribution in [3.05, 3.63) is 35.6 Å². The highest BCUT2D eigenvalue weighted by Crippen LogP contribution is 2.30. The zero-order valence-corrected chi connectivity index (χ0v) is 11.6. The predicted octanol–water partition coefficient (Wildman–Crippen LogP) is 0.443. The van der Waals surface area contributed by atoms with Crippen LogP contribution in [0, 0.1) is 5.82 Å². The number of carbonyl (C=O) groups excluding carboxylic acids is 1. The second-order valence-electron chi connectivity index (χ2n) is 5.16. The molecule has 1 aromatic carbocycles. The number of sulfone groups is 1. The first-order valence-electron chi connectivity index (χ1n) is 6.47. The van der Waals surface area contributed by atoms with E-state index in [0.29, 0.717) is 12.0 Å². The fourth-order valence-electron chi connectivity index (χ4n) is 2.88. The Kier molecular flexibility index (Phi) is 3.25. The monoisotopic (exact) mass is 298 g/mol. The Balaban J connectivity index is 1.92. The lowest BCUT2D eigenvalue weighted by Gasteiger charge is -2.29. The number of benzene rings is 1. The summed E-state index contributed by atoms with van der Waals surface area (Å²) in [4.78, 5) is 13.5. The van der Waals surface area contributed by atoms with E-state index in [1.165, 1.54) is 11.0 Å². The number of halogens is 1. The van der Waals surface area contributed by atoms with E-state index in [9.17, 15) is 17.6 Å². The molecule has 0 aromatic heterocycles. The third kappa shape index (κ3) is 2.31. The van der Waals surface area contributed by atoms with Gasteiger partial charge in [0.1, 0.15) is 12.0 Å². The van der Waals surface area contributed by atoms with Crippen LogP contribution in [0.5, 0.6) is 0 Å². The summed E-state index contributed by atoms with van der Waals surface area (Å²) >= 11 is 0. The number of carbonyl (C=O) groups is 1. The molecule has 1 aromatic rings. The van der Waals surface area contributed by atoms with E-state index >= 15 is 0 Å². The van der Waals surface area contributed by atoms with Crippen LogP contribution < -0.4 is 5.32 Å². The van der Waals surface area contributed by atoms with Crippen molar-refractivity contribution in [2.75, 3.05) is 18.1 Å². The molecule has 0 radical (unpaired) electrons. The molecular weight excluding hydrogens is 283 g/mol. The average Bonchev–Trinajstić information content (AvgIpc) is 2.93. The summed E-state index contributed by atoms with van der Waals surface area (Å²) in [7, 11) is -3.09. The molecule has 2 atom stereocenters. The first-order chi connectivity index (χ1) is 9.48. The van der Waals surface area contributed by atoms with Gasteiger partial charge in [0, 0.05) is 11.6 Å². The van der Waals surface area contributed by atoms with Crippen molar-refractivity contribution in [1.82, 2.24) is 10.2 Å². The topological polar surface area (TPSA) is 66.5 Å². The molecule has 1 N–H and O–H groups in total. The minimum absolute atomic E-state index is 0.0363. The fourth-order valence-corrected chi connectivity index (χ4v) is 4.59. The second kappa shape index (κ2) is 4.82. The van der Waals surface area contributed by atoms with Gasteiger partial charge in [0.2, 0.25) is 5.91 Å². The van der Waals surface area contributed by atoms with E-state index < -0.39 is 21.8 Å². The van der Waals surface area contributed by atoms with Gasteiger partial charge >= 0.3 is 0 Å². The summed E-state index contributed by atoms with van der Waals surface area (Å²) in [5.41, 5.74) is 0.377. The molecule has 7 heteroatoms. The molecule has 0 bridgehead atoms. The molecule has 0 spiro atoms. The molecule has 2 aliphatic rings. The summed E-state index contributed by atoms with van der Waals surface area (Å²) < 4.78 is 37.0. The number of amides is 1. The molecule has 0 saturated carbocycles. The van der Waals surface area contributed by atoms with Gasteiger partial charge in [-0.25, -0.2) is 12.8 Å². The van der Waals surface area contributed by atoms with Crippen LogP contribution >= 0.6 is 0 Å². The molecule has 2 unspecified atom stereocenters. The van der Waals surface area contributed by atoms with Gasteiger partial charge in [0.05, 0.1) is 18.1 Å². The molecule has 2 aliphatic heterocycles. The number of nitrogens with zero attached hydrogens (tertiary/aromatic N) is 1. The maximum absolute atomic E-state index is 13.9. The van der Waals surface area contributed by atoms with Gasteiger partial charge < -0.3 is 4.90 Å². The molecule has 2 heterocycles. The molecule has 2 fully saturated rings. The van der Waals surface area contributed by atoms with Crippen molar-refractivity contribution >= 4 is 15.7 Å². The summed E-state index contributed by atoms with van der Waals surface area (Å²) in [6.45, 7) is 0.107. The maximum atomic E-state index is 13.9. The maximum Gasteiger partial charge on any atom is 0.238 e. The van der Waals surface area contributed by atoms with Gasteiger partial charge in [-0.3, -0.25) is 10.1 Å². The highest BCUT2D eigenvalue weighted by Gasteiger charge is 2.42. The zero-order chi connectivity index (χ0) is 14.3. The lowest BCUT2D eigenvalue weighted by Crippen LogP contribution is -2.40. The van der Waals surface area contributed by atoms with Crippen molar-refractivity contribution in [2.45, 2.75) is 18.6 Å². The molecule has 2 saturated heterocycles. The van der Waals surface area contributed by atoms with E-state index in [1.807, 2.05) is 0 Å². The lowest BCUT2D eigenvalue weighted by molar-refractivity contribution is -0.129. The van der Waals surface area contributed by atoms with Crippen LogP contribution in [0.15, 0.2) is 24.3 Å². The summed E-state index contributed by atoms with van der Waals surface area (Å²) in [5, 5.41) is 2.96. The minimum Gasteiger partial charge on any atom is -0.318 e. The van der Waals surface area contributed by atoms with Gasteiger partial charge in [-0.05, 0) is 12.5 Å². The number of hydrogen-bond acceptors (Lipinski definition) is 4. The van der Waals surface area contributed by atoms with E-state index in [0.717, 1.165) is 0 Å². The highest BCUT2D eigenvalue weighted by molar-refractivity contribution is 7.91. The van der Waals surface area contributed by atoms with Crippen LogP contribution in [-0.2, 0) is 14.6 Å². The Labute approximate surface area is 116 Å². The van der Waals surface area contributed by atoms with Gasteiger partial charge in [-0.15, -0.1) is 0 Å². The standard InChI is InChI=1S/C13H15FN2O3S/c14-11-4-2-1-3-10(11)13-15-7-12(17)16(13)9-5-6-20(18,19)8-9/h1-4,9,13,15H,5-8H2. The summed E-state index contributed by atoms with van der Waals surface area (Å²) in [6, 6.07) is 5.87. The van der Waals surface area contributed by atoms with Crippen LogP contribution in [0.4, 0.5) is 4.39 Å². The van der Waals surface area contributed by atoms with Crippen molar-refractivity contribution in [3.63, 3.8) is 0 Å². The normalized spacial score (nSPS) is 29.1. The number of hydrogen-bond donors (Lipinski definition) is 1. The van der Waals surface area contributed by atoms with Crippen LogP contribution in [0.1, 0.15) is 18.2 Å². The lowest BCUT2D eigenvalue weighted by atomic mass is 10.1. The average molecular weight is 298 g/mol. The summed E-state index contributed by atoms with van der Waals surface area (Å²) in [5.74, 6) is -0.525. The molecule has 1 amide bonds. The largest absolute Gasteiger partial charge is 0.318 e. The van der Waals surface area contributed by atoms with Crippen molar-refractivity contribution in [2.24, 2.45) is 0 Å². The van der Waals surface area contributed by atoms with Crippen molar-refractivity contribution in [3.8, 4) is 0 Å². The first-order valence-corrected chi connectivity index (χ1v) is 8.29. The third-order valence-corrected chi connectivity index (χ3v) is 5.56. The van der Waals surface area contributed by atoms with Crippen molar-refractivity contribution < 1.29 is 17.6 Å². The minimum atomic E-state index is -3.09. The molecule has 0 aliphatic carbocycles. The summed E-state index contributed by atoms with van der Waals surface area (Å²) in [6.07, 6.45) is -0.164. The third-order valence-electron chi connectivity index (χ3n) is 3.81. The Morgan fingerprint density at radius 1 is 1.30 bits per heavy atom. The first kappa shape index (κ1) is 13.5. The van der Waals surface area contributed by atoms with E-state index in [1.54, 1.807) is 18.2 Å². The van der Waals surface area contributed by atoms with Crippen LogP contribution in [0.2, 0.25) is 0 Å². The Hall–Kier alpha value is -1.47. The number of rotatable bonds is 2. The van der Waals surface area contributed by atoms with Gasteiger partial charge in [0.15, 0.2) is 9.84 Å². The van der Waals surface area contributed by atoms with Crippen LogP contribution in [-0.4, -0.2) is 43.3 Å².